The number of anilines is 1. The van der Waals surface area contributed by atoms with Gasteiger partial charge in [0.25, 0.3) is 0 Å². The third kappa shape index (κ3) is 3.10. The van der Waals surface area contributed by atoms with E-state index in [9.17, 15) is 4.39 Å². The van der Waals surface area contributed by atoms with Gasteiger partial charge in [-0.2, -0.15) is 0 Å². The Morgan fingerprint density at radius 2 is 1.78 bits per heavy atom. The van der Waals surface area contributed by atoms with Gasteiger partial charge in [0.05, 0.1) is 5.69 Å². The van der Waals surface area contributed by atoms with E-state index in [2.05, 4.69) is 0 Å². The normalized spacial score (nSPS) is 10.6. The fourth-order valence-corrected chi connectivity index (χ4v) is 3.12. The van der Waals surface area contributed by atoms with E-state index < -0.39 is 5.82 Å². The third-order valence-corrected chi connectivity index (χ3v) is 4.14. The van der Waals surface area contributed by atoms with Crippen LogP contribution < -0.4 is 5.73 Å². The summed E-state index contributed by atoms with van der Waals surface area (Å²) in [5.41, 5.74) is 6.52. The molecule has 0 amide bonds. The van der Waals surface area contributed by atoms with Crippen molar-refractivity contribution in [3.63, 3.8) is 0 Å². The molecule has 0 aromatic heterocycles. The highest BCUT2D eigenvalue weighted by Gasteiger charge is 2.07. The summed E-state index contributed by atoms with van der Waals surface area (Å²) in [4.78, 5) is 0.880. The summed E-state index contributed by atoms with van der Waals surface area (Å²) in [6.45, 7) is 0. The number of hydrogen-bond donors (Lipinski definition) is 1. The Kier molecular flexibility index (Phi) is 4.38. The Morgan fingerprint density at radius 3 is 2.39 bits per heavy atom. The van der Waals surface area contributed by atoms with Crippen LogP contribution in [0.25, 0.3) is 0 Å². The summed E-state index contributed by atoms with van der Waals surface area (Å²) >= 11 is 13.6. The fraction of sp³-hybridized carbons (Fsp3) is 0.0769. The van der Waals surface area contributed by atoms with E-state index in [0.717, 1.165) is 10.5 Å². The first-order chi connectivity index (χ1) is 8.58. The number of hydrogen-bond acceptors (Lipinski definition) is 2. The second-order valence-electron chi connectivity index (χ2n) is 3.67. The van der Waals surface area contributed by atoms with Crippen LogP contribution in [0.4, 0.5) is 10.1 Å². The van der Waals surface area contributed by atoms with Crippen molar-refractivity contribution in [1.29, 1.82) is 0 Å². The van der Waals surface area contributed by atoms with Gasteiger partial charge in [-0.25, -0.2) is 4.39 Å². The van der Waals surface area contributed by atoms with Crippen molar-refractivity contribution in [2.45, 2.75) is 10.6 Å². The maximum atomic E-state index is 13.0. The molecule has 0 bridgehead atoms. The monoisotopic (exact) mass is 301 g/mol. The minimum atomic E-state index is -0.407. The van der Waals surface area contributed by atoms with Gasteiger partial charge in [-0.05, 0) is 35.9 Å². The molecule has 0 spiro atoms. The summed E-state index contributed by atoms with van der Waals surface area (Å²) in [6.07, 6.45) is 0. The van der Waals surface area contributed by atoms with E-state index in [-0.39, 0.29) is 5.69 Å². The van der Waals surface area contributed by atoms with Gasteiger partial charge in [0.1, 0.15) is 5.82 Å². The van der Waals surface area contributed by atoms with Crippen molar-refractivity contribution in [2.75, 3.05) is 5.73 Å². The van der Waals surface area contributed by atoms with Crippen LogP contribution in [0.15, 0.2) is 41.3 Å². The maximum absolute atomic E-state index is 13.0. The first-order valence-electron chi connectivity index (χ1n) is 5.18. The van der Waals surface area contributed by atoms with E-state index >= 15 is 0 Å². The number of thioether (sulfide) groups is 1. The fourth-order valence-electron chi connectivity index (χ4n) is 1.44. The first kappa shape index (κ1) is 13.5. The van der Waals surface area contributed by atoms with Gasteiger partial charge in [-0.15, -0.1) is 11.8 Å². The molecule has 0 saturated carbocycles. The van der Waals surface area contributed by atoms with Crippen molar-refractivity contribution >= 4 is 40.7 Å². The van der Waals surface area contributed by atoms with Crippen LogP contribution in [-0.2, 0) is 5.75 Å². The number of rotatable bonds is 3. The van der Waals surface area contributed by atoms with Crippen LogP contribution >= 0.6 is 35.0 Å². The van der Waals surface area contributed by atoms with Crippen molar-refractivity contribution < 1.29 is 4.39 Å². The zero-order chi connectivity index (χ0) is 13.1. The predicted octanol–water partition coefficient (Wildman–Crippen LogP) is 5.01. The van der Waals surface area contributed by atoms with Crippen molar-refractivity contribution in [3.05, 3.63) is 57.8 Å². The molecule has 2 rings (SSSR count). The lowest BCUT2D eigenvalue weighted by Crippen LogP contribution is -1.90. The molecule has 0 fully saturated rings. The van der Waals surface area contributed by atoms with Gasteiger partial charge in [0.2, 0.25) is 0 Å². The number of halogens is 3. The van der Waals surface area contributed by atoms with Crippen LogP contribution in [0.2, 0.25) is 10.0 Å². The molecule has 1 nitrogen and oxygen atoms in total. The van der Waals surface area contributed by atoms with Gasteiger partial charge < -0.3 is 5.73 Å². The average Bonchev–Trinajstić information content (AvgIpc) is 2.33. The first-order valence-corrected chi connectivity index (χ1v) is 6.93. The third-order valence-electron chi connectivity index (χ3n) is 2.41. The molecule has 2 aromatic carbocycles. The van der Waals surface area contributed by atoms with Crippen LogP contribution in [0, 0.1) is 5.82 Å². The van der Waals surface area contributed by atoms with E-state index in [1.54, 1.807) is 30.3 Å². The summed E-state index contributed by atoms with van der Waals surface area (Å²) in [5, 5.41) is 1.26. The highest BCUT2D eigenvalue weighted by Crippen LogP contribution is 2.32. The SMILES string of the molecule is Nc1cc(SCc2c(Cl)cccc2Cl)ccc1F. The lowest BCUT2D eigenvalue weighted by Gasteiger charge is -2.07. The summed E-state index contributed by atoms with van der Waals surface area (Å²) in [6, 6.07) is 10.0. The molecule has 94 valence electrons. The zero-order valence-corrected chi connectivity index (χ0v) is 11.6. The van der Waals surface area contributed by atoms with Crippen LogP contribution in [0.3, 0.4) is 0 Å². The minimum Gasteiger partial charge on any atom is -0.396 e. The van der Waals surface area contributed by atoms with Crippen LogP contribution in [0.5, 0.6) is 0 Å². The topological polar surface area (TPSA) is 26.0 Å². The number of nitrogens with two attached hydrogens (primary N) is 1. The zero-order valence-electron chi connectivity index (χ0n) is 9.29. The molecule has 2 N–H and O–H groups in total. The highest BCUT2D eigenvalue weighted by molar-refractivity contribution is 7.98. The molecular formula is C13H10Cl2FNS. The van der Waals surface area contributed by atoms with E-state index in [1.165, 1.54) is 17.8 Å². The van der Waals surface area contributed by atoms with Crippen molar-refractivity contribution in [2.24, 2.45) is 0 Å². The molecule has 0 radical (unpaired) electrons. The van der Waals surface area contributed by atoms with E-state index in [0.29, 0.717) is 15.8 Å². The Labute approximate surface area is 119 Å². The summed E-state index contributed by atoms with van der Waals surface area (Å²) in [7, 11) is 0. The van der Waals surface area contributed by atoms with Crippen LogP contribution in [0.1, 0.15) is 5.56 Å². The van der Waals surface area contributed by atoms with Gasteiger partial charge in [0.15, 0.2) is 0 Å². The Balaban J connectivity index is 2.14. The second-order valence-corrected chi connectivity index (χ2v) is 5.54. The molecule has 0 atom stereocenters. The minimum absolute atomic E-state index is 0.144. The second kappa shape index (κ2) is 5.83. The lowest BCUT2D eigenvalue weighted by atomic mass is 10.2. The molecule has 18 heavy (non-hydrogen) atoms. The van der Waals surface area contributed by atoms with Crippen molar-refractivity contribution in [3.8, 4) is 0 Å². The molecule has 0 heterocycles. The quantitative estimate of drug-likeness (QED) is 0.637. The smallest absolute Gasteiger partial charge is 0.146 e. The summed E-state index contributed by atoms with van der Waals surface area (Å²) < 4.78 is 13.0. The van der Waals surface area contributed by atoms with Gasteiger partial charge in [0, 0.05) is 20.7 Å². The number of benzene rings is 2. The van der Waals surface area contributed by atoms with Gasteiger partial charge >= 0.3 is 0 Å². The largest absolute Gasteiger partial charge is 0.396 e. The molecule has 5 heteroatoms. The molecule has 0 aliphatic rings. The standard InChI is InChI=1S/C13H10Cl2FNS/c14-10-2-1-3-11(15)9(10)7-18-8-4-5-12(16)13(17)6-8/h1-6H,7,17H2. The lowest BCUT2D eigenvalue weighted by molar-refractivity contribution is 0.631. The Morgan fingerprint density at radius 1 is 1.11 bits per heavy atom. The van der Waals surface area contributed by atoms with Gasteiger partial charge in [-0.3, -0.25) is 0 Å². The van der Waals surface area contributed by atoms with E-state index in [4.69, 9.17) is 28.9 Å². The molecular weight excluding hydrogens is 292 g/mol. The average molecular weight is 302 g/mol. The summed E-state index contributed by atoms with van der Waals surface area (Å²) in [5.74, 6) is 0.207. The molecule has 0 saturated heterocycles. The number of nitrogen functional groups attached to an aromatic ring is 1. The highest BCUT2D eigenvalue weighted by atomic mass is 35.5. The molecule has 0 unspecified atom stereocenters. The Hall–Kier alpha value is -0.900. The molecule has 0 aliphatic carbocycles. The Bertz CT molecular complexity index is 555. The maximum Gasteiger partial charge on any atom is 0.146 e. The van der Waals surface area contributed by atoms with Crippen LogP contribution in [-0.4, -0.2) is 0 Å². The van der Waals surface area contributed by atoms with Crippen molar-refractivity contribution in [1.82, 2.24) is 0 Å². The molecule has 2 aromatic rings. The van der Waals surface area contributed by atoms with Gasteiger partial charge in [-0.1, -0.05) is 29.3 Å². The predicted molar refractivity (Wildman–Crippen MR) is 76.8 cm³/mol. The molecule has 0 aliphatic heterocycles. The van der Waals surface area contributed by atoms with E-state index in [1.807, 2.05) is 0 Å².